The van der Waals surface area contributed by atoms with E-state index >= 15 is 0 Å². The minimum atomic E-state index is -0.170. The van der Waals surface area contributed by atoms with E-state index in [1.54, 1.807) is 22.3 Å². The van der Waals surface area contributed by atoms with E-state index in [-0.39, 0.29) is 29.5 Å². The van der Waals surface area contributed by atoms with Gasteiger partial charge in [0, 0.05) is 10.9 Å². The van der Waals surface area contributed by atoms with E-state index in [2.05, 4.69) is 36.8 Å². The molecule has 1 aromatic carbocycles. The van der Waals surface area contributed by atoms with Crippen LogP contribution in [-0.2, 0) is 19.4 Å². The number of hydrogen-bond donors (Lipinski definition) is 1. The van der Waals surface area contributed by atoms with E-state index in [0.717, 1.165) is 17.7 Å². The highest BCUT2D eigenvalue weighted by Gasteiger charge is 2.31. The van der Waals surface area contributed by atoms with Crippen LogP contribution in [0.1, 0.15) is 67.0 Å². The molecule has 1 unspecified atom stereocenters. The van der Waals surface area contributed by atoms with Crippen LogP contribution in [0.2, 0.25) is 0 Å². The second-order valence-electron chi connectivity index (χ2n) is 9.92. The van der Waals surface area contributed by atoms with Crippen LogP contribution in [0.25, 0.3) is 10.9 Å². The van der Waals surface area contributed by atoms with Gasteiger partial charge in [0.05, 0.1) is 22.3 Å². The summed E-state index contributed by atoms with van der Waals surface area (Å²) in [6, 6.07) is 9.38. The number of para-hydroxylation sites is 1. The first kappa shape index (κ1) is 21.8. The van der Waals surface area contributed by atoms with Gasteiger partial charge < -0.3 is 9.88 Å². The quantitative estimate of drug-likeness (QED) is 0.611. The molecular formula is C25H31N3O2S. The van der Waals surface area contributed by atoms with Gasteiger partial charge in [-0.15, -0.1) is 11.3 Å². The molecule has 0 saturated heterocycles. The number of aromatic nitrogens is 2. The van der Waals surface area contributed by atoms with Crippen molar-refractivity contribution < 1.29 is 4.79 Å². The number of rotatable bonds is 4. The smallest absolute Gasteiger partial charge is 0.264 e. The van der Waals surface area contributed by atoms with E-state index in [1.165, 1.54) is 16.9 Å². The molecule has 1 aliphatic rings. The van der Waals surface area contributed by atoms with Gasteiger partial charge in [-0.3, -0.25) is 9.59 Å². The first-order chi connectivity index (χ1) is 14.6. The van der Waals surface area contributed by atoms with Gasteiger partial charge in [-0.25, -0.2) is 4.98 Å². The predicted octanol–water partition coefficient (Wildman–Crippen LogP) is 5.19. The van der Waals surface area contributed by atoms with Gasteiger partial charge in [0.15, 0.2) is 0 Å². The zero-order valence-corrected chi connectivity index (χ0v) is 19.8. The molecule has 5 nitrogen and oxygen atoms in total. The summed E-state index contributed by atoms with van der Waals surface area (Å²) in [5.74, 6) is 1.17. The van der Waals surface area contributed by atoms with Crippen molar-refractivity contribution in [3.05, 3.63) is 61.8 Å². The summed E-state index contributed by atoms with van der Waals surface area (Å²) in [6.07, 6.45) is 3.28. The number of H-pyrrole nitrogens is 1. The van der Waals surface area contributed by atoms with Gasteiger partial charge in [0.1, 0.15) is 5.82 Å². The number of carbonyl (C=O) groups is 1. The lowest BCUT2D eigenvalue weighted by Gasteiger charge is -2.33. The van der Waals surface area contributed by atoms with Crippen molar-refractivity contribution in [3.8, 4) is 0 Å². The topological polar surface area (TPSA) is 66.1 Å². The molecule has 1 atom stereocenters. The van der Waals surface area contributed by atoms with Gasteiger partial charge >= 0.3 is 0 Å². The molecule has 1 aliphatic carbocycles. The Labute approximate surface area is 187 Å². The monoisotopic (exact) mass is 437 g/mol. The standard InChI is InChI=1S/C25H31N3O2S/c1-15(2)28(14-22-26-19-9-7-6-8-18(19)23(29)27-22)24(30)21-13-16-12-17(25(3,4)5)10-11-20(16)31-21/h6-9,13,15,17H,10-12,14H2,1-5H3,(H,26,27,29). The SMILES string of the molecule is CC(C)N(Cc1nc2ccccc2c(=O)[nH]1)C(=O)c1cc2c(s1)CCC(C(C)(C)C)C2. The molecule has 2 aromatic heterocycles. The first-order valence-corrected chi connectivity index (χ1v) is 11.9. The van der Waals surface area contributed by atoms with Crippen molar-refractivity contribution in [2.24, 2.45) is 11.3 Å². The number of amides is 1. The summed E-state index contributed by atoms with van der Waals surface area (Å²) in [7, 11) is 0. The predicted molar refractivity (Wildman–Crippen MR) is 127 cm³/mol. The molecule has 0 aliphatic heterocycles. The number of fused-ring (bicyclic) bond motifs is 2. The molecule has 1 N–H and O–H groups in total. The van der Waals surface area contributed by atoms with Gasteiger partial charge in [-0.1, -0.05) is 32.9 Å². The number of hydrogen-bond acceptors (Lipinski definition) is 4. The number of nitrogens with zero attached hydrogens (tertiary/aromatic N) is 2. The van der Waals surface area contributed by atoms with Crippen molar-refractivity contribution >= 4 is 28.1 Å². The van der Waals surface area contributed by atoms with Crippen LogP contribution in [-0.4, -0.2) is 26.8 Å². The highest BCUT2D eigenvalue weighted by molar-refractivity contribution is 7.14. The Hall–Kier alpha value is -2.47. The van der Waals surface area contributed by atoms with Crippen LogP contribution in [0.3, 0.4) is 0 Å². The maximum atomic E-state index is 13.5. The first-order valence-electron chi connectivity index (χ1n) is 11.0. The number of thiophene rings is 1. The lowest BCUT2D eigenvalue weighted by atomic mass is 9.72. The second kappa shape index (κ2) is 8.23. The van der Waals surface area contributed by atoms with Crippen LogP contribution in [0.4, 0.5) is 0 Å². The molecule has 0 bridgehead atoms. The number of aryl methyl sites for hydroxylation is 1. The zero-order valence-electron chi connectivity index (χ0n) is 19.0. The Kier molecular flexibility index (Phi) is 5.77. The lowest BCUT2D eigenvalue weighted by Crippen LogP contribution is -2.37. The number of aromatic amines is 1. The number of carbonyl (C=O) groups excluding carboxylic acids is 1. The fraction of sp³-hybridized carbons (Fsp3) is 0.480. The Morgan fingerprint density at radius 2 is 2.03 bits per heavy atom. The molecule has 0 radical (unpaired) electrons. The molecule has 2 heterocycles. The molecule has 0 fully saturated rings. The molecule has 3 aromatic rings. The number of benzene rings is 1. The molecular weight excluding hydrogens is 406 g/mol. The fourth-order valence-corrected chi connectivity index (χ4v) is 5.53. The fourth-order valence-electron chi connectivity index (χ4n) is 4.37. The molecule has 0 spiro atoms. The zero-order chi connectivity index (χ0) is 22.3. The Balaban J connectivity index is 1.59. The summed E-state index contributed by atoms with van der Waals surface area (Å²) >= 11 is 1.63. The second-order valence-corrected chi connectivity index (χ2v) is 11.1. The average Bonchev–Trinajstić information content (AvgIpc) is 3.14. The Bertz CT molecular complexity index is 1170. The van der Waals surface area contributed by atoms with E-state index in [0.29, 0.717) is 22.6 Å². The molecule has 31 heavy (non-hydrogen) atoms. The summed E-state index contributed by atoms with van der Waals surface area (Å²) < 4.78 is 0. The van der Waals surface area contributed by atoms with Crippen LogP contribution < -0.4 is 5.56 Å². The van der Waals surface area contributed by atoms with Gasteiger partial charge in [0.25, 0.3) is 11.5 Å². The van der Waals surface area contributed by atoms with Crippen molar-refractivity contribution in [1.29, 1.82) is 0 Å². The van der Waals surface area contributed by atoms with Crippen LogP contribution >= 0.6 is 11.3 Å². The van der Waals surface area contributed by atoms with Crippen molar-refractivity contribution in [1.82, 2.24) is 14.9 Å². The normalized spacial score (nSPS) is 16.5. The van der Waals surface area contributed by atoms with Crippen LogP contribution in [0.5, 0.6) is 0 Å². The molecule has 0 saturated carbocycles. The van der Waals surface area contributed by atoms with E-state index in [9.17, 15) is 9.59 Å². The van der Waals surface area contributed by atoms with Crippen molar-refractivity contribution in [3.63, 3.8) is 0 Å². The maximum absolute atomic E-state index is 13.5. The largest absolute Gasteiger partial charge is 0.328 e. The Morgan fingerprint density at radius 1 is 1.29 bits per heavy atom. The maximum Gasteiger partial charge on any atom is 0.264 e. The molecule has 6 heteroatoms. The third-order valence-corrected chi connectivity index (χ3v) is 7.61. The van der Waals surface area contributed by atoms with Gasteiger partial charge in [-0.05, 0) is 68.2 Å². The van der Waals surface area contributed by atoms with Gasteiger partial charge in [-0.2, -0.15) is 0 Å². The highest BCUT2D eigenvalue weighted by atomic mass is 32.1. The third-order valence-electron chi connectivity index (χ3n) is 6.38. The van der Waals surface area contributed by atoms with Crippen molar-refractivity contribution in [2.45, 2.75) is 66.5 Å². The highest BCUT2D eigenvalue weighted by Crippen LogP contribution is 2.40. The summed E-state index contributed by atoms with van der Waals surface area (Å²) in [6.45, 7) is 11.2. The minimum Gasteiger partial charge on any atom is -0.328 e. The van der Waals surface area contributed by atoms with Crippen LogP contribution in [0.15, 0.2) is 35.1 Å². The van der Waals surface area contributed by atoms with Crippen molar-refractivity contribution in [2.75, 3.05) is 0 Å². The number of nitrogens with one attached hydrogen (secondary N) is 1. The minimum absolute atomic E-state index is 0.00859. The molecule has 1 amide bonds. The van der Waals surface area contributed by atoms with E-state index < -0.39 is 0 Å². The lowest BCUT2D eigenvalue weighted by molar-refractivity contribution is 0.0690. The van der Waals surface area contributed by atoms with Crippen LogP contribution in [0, 0.1) is 11.3 Å². The molecule has 4 rings (SSSR count). The molecule has 164 valence electrons. The van der Waals surface area contributed by atoms with Gasteiger partial charge in [0.2, 0.25) is 0 Å². The Morgan fingerprint density at radius 3 is 2.74 bits per heavy atom. The summed E-state index contributed by atoms with van der Waals surface area (Å²) in [5.41, 5.74) is 2.09. The van der Waals surface area contributed by atoms with E-state index in [4.69, 9.17) is 0 Å². The van der Waals surface area contributed by atoms with E-state index in [1.807, 2.05) is 32.0 Å². The third kappa shape index (κ3) is 4.45. The summed E-state index contributed by atoms with van der Waals surface area (Å²) in [5, 5.41) is 0.563. The summed E-state index contributed by atoms with van der Waals surface area (Å²) in [4.78, 5) is 37.3. The average molecular weight is 438 g/mol.